The van der Waals surface area contributed by atoms with Crippen molar-refractivity contribution < 1.29 is 4.58 Å². The van der Waals surface area contributed by atoms with Gasteiger partial charge in [-0.15, -0.1) is 0 Å². The zero-order chi connectivity index (χ0) is 11.8. The topological polar surface area (TPSA) is 18.6 Å². The molecule has 0 saturated heterocycles. The van der Waals surface area contributed by atoms with Crippen molar-refractivity contribution in [1.29, 1.82) is 0 Å². The molecular formula is C12H20N3+. The second-order valence-corrected chi connectivity index (χ2v) is 3.26. The molecule has 0 radical (unpaired) electrons. The summed E-state index contributed by atoms with van der Waals surface area (Å²) >= 11 is 0. The van der Waals surface area contributed by atoms with E-state index in [1.165, 1.54) is 0 Å². The fourth-order valence-corrected chi connectivity index (χ4v) is 0.803. The predicted octanol–water partition coefficient (Wildman–Crippen LogP) is 1.89. The number of likely N-dealkylation sites (N-methyl/N-ethyl adjacent to an activating group) is 1. The first-order valence-corrected chi connectivity index (χ1v) is 4.74. The Kier molecular flexibility index (Phi) is 6.02. The Morgan fingerprint density at radius 1 is 1.40 bits per heavy atom. The van der Waals surface area contributed by atoms with Crippen molar-refractivity contribution in [3.8, 4) is 0 Å². The molecule has 3 heteroatoms. The zero-order valence-electron chi connectivity index (χ0n) is 10.1. The molecule has 0 rings (SSSR count). The van der Waals surface area contributed by atoms with Gasteiger partial charge in [-0.25, -0.2) is 9.48 Å². The summed E-state index contributed by atoms with van der Waals surface area (Å²) < 4.78 is 1.86. The Morgan fingerprint density at radius 3 is 2.47 bits per heavy atom. The summed E-state index contributed by atoms with van der Waals surface area (Å²) in [5.41, 5.74) is 1.87. The number of allylic oxidation sites excluding steroid dienone is 2. The summed E-state index contributed by atoms with van der Waals surface area (Å²) in [6.07, 6.45) is 7.49. The van der Waals surface area contributed by atoms with E-state index >= 15 is 0 Å². The molecule has 0 aromatic carbocycles. The van der Waals surface area contributed by atoms with Gasteiger partial charge in [0.2, 0.25) is 6.34 Å². The first kappa shape index (κ1) is 13.4. The van der Waals surface area contributed by atoms with Gasteiger partial charge < -0.3 is 0 Å². The summed E-state index contributed by atoms with van der Waals surface area (Å²) in [6.45, 7) is 9.55. The minimum atomic E-state index is 0.895. The molecule has 15 heavy (non-hydrogen) atoms. The third kappa shape index (κ3) is 5.62. The number of aliphatic imine (C=N–C) groups is 1. The van der Waals surface area contributed by atoms with E-state index in [1.807, 2.05) is 49.0 Å². The molecular weight excluding hydrogens is 186 g/mol. The lowest BCUT2D eigenvalue weighted by molar-refractivity contribution is -0.421. The Balaban J connectivity index is 4.47. The van der Waals surface area contributed by atoms with Crippen molar-refractivity contribution in [2.75, 3.05) is 21.1 Å². The van der Waals surface area contributed by atoms with Crippen LogP contribution in [0.3, 0.4) is 0 Å². The van der Waals surface area contributed by atoms with Crippen LogP contribution in [0.15, 0.2) is 42.2 Å². The van der Waals surface area contributed by atoms with Gasteiger partial charge in [0.1, 0.15) is 5.70 Å². The van der Waals surface area contributed by atoms with Crippen LogP contribution in [0.1, 0.15) is 6.92 Å². The van der Waals surface area contributed by atoms with Crippen LogP contribution in [0.5, 0.6) is 0 Å². The Hall–Kier alpha value is -1.64. The van der Waals surface area contributed by atoms with Gasteiger partial charge in [-0.3, -0.25) is 4.99 Å². The molecule has 0 unspecified atom stereocenters. The van der Waals surface area contributed by atoms with Crippen molar-refractivity contribution in [1.82, 2.24) is 4.90 Å². The molecule has 0 amide bonds. The van der Waals surface area contributed by atoms with Crippen LogP contribution < -0.4 is 0 Å². The summed E-state index contributed by atoms with van der Waals surface area (Å²) in [4.78, 5) is 5.95. The predicted molar refractivity (Wildman–Crippen MR) is 67.5 cm³/mol. The smallest absolute Gasteiger partial charge is 0.243 e. The van der Waals surface area contributed by atoms with E-state index in [0.717, 1.165) is 11.4 Å². The van der Waals surface area contributed by atoms with Gasteiger partial charge in [0.15, 0.2) is 0 Å². The van der Waals surface area contributed by atoms with Crippen molar-refractivity contribution >= 4 is 12.1 Å². The van der Waals surface area contributed by atoms with Crippen LogP contribution in [0, 0.1) is 0 Å². The normalized spacial score (nSPS) is 13.1. The second kappa shape index (κ2) is 6.76. The highest BCUT2D eigenvalue weighted by Crippen LogP contribution is 1.97. The van der Waals surface area contributed by atoms with Crippen LogP contribution in [-0.4, -0.2) is 42.7 Å². The Bertz CT molecular complexity index is 322. The maximum Gasteiger partial charge on any atom is 0.243 e. The third-order valence-electron chi connectivity index (χ3n) is 1.97. The minimum absolute atomic E-state index is 0.895. The second-order valence-electron chi connectivity index (χ2n) is 3.26. The number of hydrogen-bond acceptors (Lipinski definition) is 1. The number of hydrogen-bond donors (Lipinski definition) is 0. The van der Waals surface area contributed by atoms with E-state index in [2.05, 4.69) is 18.2 Å². The highest BCUT2D eigenvalue weighted by atomic mass is 15.2. The maximum atomic E-state index is 4.03. The third-order valence-corrected chi connectivity index (χ3v) is 1.97. The molecule has 0 bridgehead atoms. The molecule has 0 heterocycles. The van der Waals surface area contributed by atoms with E-state index in [9.17, 15) is 0 Å². The molecule has 0 fully saturated rings. The molecule has 0 aliphatic carbocycles. The van der Waals surface area contributed by atoms with Gasteiger partial charge >= 0.3 is 0 Å². The fraction of sp³-hybridized carbons (Fsp3) is 0.333. The lowest BCUT2D eigenvalue weighted by atomic mass is 10.3. The lowest BCUT2D eigenvalue weighted by Gasteiger charge is -2.06. The van der Waals surface area contributed by atoms with Crippen molar-refractivity contribution in [2.45, 2.75) is 6.92 Å². The monoisotopic (exact) mass is 206 g/mol. The maximum absolute atomic E-state index is 4.03. The van der Waals surface area contributed by atoms with E-state index in [4.69, 9.17) is 0 Å². The van der Waals surface area contributed by atoms with Crippen molar-refractivity contribution in [3.63, 3.8) is 0 Å². The van der Waals surface area contributed by atoms with Crippen molar-refractivity contribution in [2.24, 2.45) is 4.99 Å². The van der Waals surface area contributed by atoms with Gasteiger partial charge in [-0.05, 0) is 19.1 Å². The van der Waals surface area contributed by atoms with Gasteiger partial charge in [-0.2, -0.15) is 0 Å². The number of rotatable bonds is 5. The summed E-state index contributed by atoms with van der Waals surface area (Å²) in [5.74, 6) is 0. The largest absolute Gasteiger partial charge is 0.293 e. The van der Waals surface area contributed by atoms with E-state index in [0.29, 0.717) is 0 Å². The molecule has 82 valence electrons. The van der Waals surface area contributed by atoms with Crippen LogP contribution in [0.2, 0.25) is 0 Å². The average molecular weight is 206 g/mol. The molecule has 0 aromatic rings. The zero-order valence-corrected chi connectivity index (χ0v) is 10.1. The van der Waals surface area contributed by atoms with Crippen LogP contribution in [0.25, 0.3) is 0 Å². The molecule has 0 saturated carbocycles. The van der Waals surface area contributed by atoms with Crippen LogP contribution >= 0.6 is 0 Å². The van der Waals surface area contributed by atoms with E-state index < -0.39 is 0 Å². The summed E-state index contributed by atoms with van der Waals surface area (Å²) in [7, 11) is 5.62. The summed E-state index contributed by atoms with van der Waals surface area (Å²) in [5, 5.41) is 0. The molecule has 0 aromatic heterocycles. The molecule has 0 aliphatic heterocycles. The fourth-order valence-electron chi connectivity index (χ4n) is 0.803. The summed E-state index contributed by atoms with van der Waals surface area (Å²) in [6, 6.07) is 0. The standard InChI is InChI=1S/C12H20N3/c1-7-14(5)10-15(6)12(3)9-8-11(2)13-4/h7-10H,1,3H2,2,4-6H3/q+1/b9-8-,13-11?. The minimum Gasteiger partial charge on any atom is -0.293 e. The van der Waals surface area contributed by atoms with Gasteiger partial charge in [0, 0.05) is 12.8 Å². The van der Waals surface area contributed by atoms with Crippen molar-refractivity contribution in [3.05, 3.63) is 37.2 Å². The van der Waals surface area contributed by atoms with Gasteiger partial charge in [0.25, 0.3) is 0 Å². The van der Waals surface area contributed by atoms with Crippen LogP contribution in [-0.2, 0) is 0 Å². The SMILES string of the molecule is C=C[N+](C)=CN(C)C(=C)/C=C\C(C)=NC. The highest BCUT2D eigenvalue weighted by molar-refractivity contribution is 5.93. The van der Waals surface area contributed by atoms with Gasteiger partial charge in [0.05, 0.1) is 20.3 Å². The lowest BCUT2D eigenvalue weighted by Crippen LogP contribution is -2.18. The number of nitrogens with zero attached hydrogens (tertiary/aromatic N) is 3. The van der Waals surface area contributed by atoms with Gasteiger partial charge in [-0.1, -0.05) is 13.2 Å². The molecule has 0 spiro atoms. The van der Waals surface area contributed by atoms with E-state index in [1.54, 1.807) is 13.2 Å². The first-order valence-electron chi connectivity index (χ1n) is 4.74. The first-order chi connectivity index (χ1) is 7.01. The molecule has 3 nitrogen and oxygen atoms in total. The Morgan fingerprint density at radius 2 is 2.00 bits per heavy atom. The highest BCUT2D eigenvalue weighted by Gasteiger charge is 2.02. The molecule has 0 aliphatic rings. The average Bonchev–Trinajstić information content (AvgIpc) is 2.24. The van der Waals surface area contributed by atoms with E-state index in [-0.39, 0.29) is 0 Å². The quantitative estimate of drug-likeness (QED) is 0.291. The van der Waals surface area contributed by atoms with Crippen LogP contribution in [0.4, 0.5) is 0 Å². The molecule has 0 atom stereocenters. The Labute approximate surface area is 92.4 Å². The molecule has 0 N–H and O–H groups in total.